The lowest BCUT2D eigenvalue weighted by Gasteiger charge is -2.17. The zero-order valence-corrected chi connectivity index (χ0v) is 17.0. The second-order valence-corrected chi connectivity index (χ2v) is 7.34. The van der Waals surface area contributed by atoms with Crippen LogP contribution in [0.25, 0.3) is 6.08 Å². The van der Waals surface area contributed by atoms with Crippen LogP contribution in [0, 0.1) is 0 Å². The number of anilines is 2. The Morgan fingerprint density at radius 2 is 2.11 bits per heavy atom. The summed E-state index contributed by atoms with van der Waals surface area (Å²) in [7, 11) is 1.57. The SMILES string of the molecule is COc1ccc(Br)cc1/C=C/C(=O)Nc1cc(N2CCCC2=O)ccc1Cl. The molecule has 1 aliphatic rings. The van der Waals surface area contributed by atoms with E-state index in [9.17, 15) is 9.59 Å². The van der Waals surface area contributed by atoms with Crippen LogP contribution in [0.5, 0.6) is 5.75 Å². The molecule has 1 saturated heterocycles. The molecule has 27 heavy (non-hydrogen) atoms. The van der Waals surface area contributed by atoms with E-state index < -0.39 is 0 Å². The van der Waals surface area contributed by atoms with Gasteiger partial charge in [-0.25, -0.2) is 0 Å². The first-order valence-corrected chi connectivity index (χ1v) is 9.57. The average Bonchev–Trinajstić information content (AvgIpc) is 3.08. The minimum absolute atomic E-state index is 0.0799. The lowest BCUT2D eigenvalue weighted by Crippen LogP contribution is -2.23. The van der Waals surface area contributed by atoms with Crippen molar-refractivity contribution in [1.29, 1.82) is 0 Å². The Morgan fingerprint density at radius 3 is 2.81 bits per heavy atom. The highest BCUT2D eigenvalue weighted by molar-refractivity contribution is 9.10. The van der Waals surface area contributed by atoms with Crippen LogP contribution in [0.4, 0.5) is 11.4 Å². The van der Waals surface area contributed by atoms with Gasteiger partial charge in [-0.05, 0) is 48.9 Å². The van der Waals surface area contributed by atoms with E-state index in [0.717, 1.165) is 22.1 Å². The van der Waals surface area contributed by atoms with Gasteiger partial charge in [-0.2, -0.15) is 0 Å². The maximum atomic E-state index is 12.3. The normalized spacial score (nSPS) is 14.0. The molecule has 0 saturated carbocycles. The Balaban J connectivity index is 1.76. The van der Waals surface area contributed by atoms with Crippen LogP contribution in [0.15, 0.2) is 46.9 Å². The van der Waals surface area contributed by atoms with Gasteiger partial charge in [0.1, 0.15) is 5.75 Å². The van der Waals surface area contributed by atoms with E-state index in [1.807, 2.05) is 18.2 Å². The van der Waals surface area contributed by atoms with Crippen LogP contribution >= 0.6 is 27.5 Å². The van der Waals surface area contributed by atoms with Crippen molar-refractivity contribution in [3.8, 4) is 5.75 Å². The molecule has 0 aromatic heterocycles. The van der Waals surface area contributed by atoms with Crippen molar-refractivity contribution < 1.29 is 14.3 Å². The molecule has 0 unspecified atom stereocenters. The summed E-state index contributed by atoms with van der Waals surface area (Å²) >= 11 is 9.60. The van der Waals surface area contributed by atoms with Crippen molar-refractivity contribution in [3.05, 3.63) is 57.5 Å². The van der Waals surface area contributed by atoms with E-state index in [1.54, 1.807) is 36.3 Å². The molecule has 1 heterocycles. The predicted molar refractivity (Wildman–Crippen MR) is 111 cm³/mol. The van der Waals surface area contributed by atoms with Gasteiger partial charge in [0.25, 0.3) is 0 Å². The van der Waals surface area contributed by atoms with Crippen molar-refractivity contribution in [3.63, 3.8) is 0 Å². The van der Waals surface area contributed by atoms with E-state index in [1.165, 1.54) is 6.08 Å². The van der Waals surface area contributed by atoms with Crippen LogP contribution in [-0.4, -0.2) is 25.5 Å². The molecule has 0 aliphatic carbocycles. The fraction of sp³-hybridized carbons (Fsp3) is 0.200. The first-order valence-electron chi connectivity index (χ1n) is 8.40. The number of hydrogen-bond donors (Lipinski definition) is 1. The summed E-state index contributed by atoms with van der Waals surface area (Å²) in [5.74, 6) is 0.412. The Labute approximate surface area is 171 Å². The number of carbonyl (C=O) groups is 2. The number of carbonyl (C=O) groups excluding carboxylic acids is 2. The van der Waals surface area contributed by atoms with Crippen molar-refractivity contribution in [1.82, 2.24) is 0 Å². The smallest absolute Gasteiger partial charge is 0.248 e. The number of nitrogens with zero attached hydrogens (tertiary/aromatic N) is 1. The summed E-state index contributed by atoms with van der Waals surface area (Å²) < 4.78 is 6.17. The van der Waals surface area contributed by atoms with Crippen LogP contribution in [-0.2, 0) is 9.59 Å². The van der Waals surface area contributed by atoms with Gasteiger partial charge in [0.2, 0.25) is 11.8 Å². The second kappa shape index (κ2) is 8.59. The Kier molecular flexibility index (Phi) is 6.19. The zero-order valence-electron chi connectivity index (χ0n) is 14.7. The standard InChI is InChI=1S/C20H18BrClN2O3/c1-27-18-8-5-14(21)11-13(18)4-9-19(25)23-17-12-15(6-7-16(17)22)24-10-2-3-20(24)26/h4-9,11-12H,2-3,10H2,1H3,(H,23,25)/b9-4+. The van der Waals surface area contributed by atoms with Gasteiger partial charge in [-0.1, -0.05) is 27.5 Å². The van der Waals surface area contributed by atoms with Gasteiger partial charge in [-0.3, -0.25) is 9.59 Å². The largest absolute Gasteiger partial charge is 0.496 e. The molecular weight excluding hydrogens is 432 g/mol. The van der Waals surface area contributed by atoms with E-state index >= 15 is 0 Å². The molecule has 0 radical (unpaired) electrons. The highest BCUT2D eigenvalue weighted by atomic mass is 79.9. The molecule has 2 aromatic carbocycles. The minimum atomic E-state index is -0.330. The topological polar surface area (TPSA) is 58.6 Å². The summed E-state index contributed by atoms with van der Waals surface area (Å²) in [6, 6.07) is 10.7. The first-order chi connectivity index (χ1) is 13.0. The van der Waals surface area contributed by atoms with E-state index in [0.29, 0.717) is 29.4 Å². The summed E-state index contributed by atoms with van der Waals surface area (Å²) in [6.45, 7) is 0.677. The third-order valence-corrected chi connectivity index (χ3v) is 5.02. The highest BCUT2D eigenvalue weighted by Crippen LogP contribution is 2.30. The van der Waals surface area contributed by atoms with E-state index in [2.05, 4.69) is 21.2 Å². The van der Waals surface area contributed by atoms with Crippen LogP contribution < -0.4 is 15.0 Å². The molecule has 140 valence electrons. The highest BCUT2D eigenvalue weighted by Gasteiger charge is 2.22. The molecule has 0 atom stereocenters. The molecule has 2 amide bonds. The van der Waals surface area contributed by atoms with Crippen molar-refractivity contribution >= 4 is 56.8 Å². The Bertz CT molecular complexity index is 914. The monoisotopic (exact) mass is 448 g/mol. The van der Waals surface area contributed by atoms with Gasteiger partial charge in [0.15, 0.2) is 0 Å². The summed E-state index contributed by atoms with van der Waals surface area (Å²) in [4.78, 5) is 26.0. The van der Waals surface area contributed by atoms with E-state index in [-0.39, 0.29) is 11.8 Å². The molecule has 1 aliphatic heterocycles. The Morgan fingerprint density at radius 1 is 1.30 bits per heavy atom. The molecule has 2 aromatic rings. The van der Waals surface area contributed by atoms with Crippen LogP contribution in [0.1, 0.15) is 18.4 Å². The molecule has 0 spiro atoms. The molecule has 7 heteroatoms. The number of ether oxygens (including phenoxy) is 1. The average molecular weight is 450 g/mol. The van der Waals surface area contributed by atoms with Gasteiger partial charge in [-0.15, -0.1) is 0 Å². The number of nitrogens with one attached hydrogen (secondary N) is 1. The maximum Gasteiger partial charge on any atom is 0.248 e. The molecular formula is C20H18BrClN2O3. The summed E-state index contributed by atoms with van der Waals surface area (Å²) in [5, 5.41) is 3.17. The Hall–Kier alpha value is -2.31. The van der Waals surface area contributed by atoms with Crippen molar-refractivity contribution in [2.45, 2.75) is 12.8 Å². The lowest BCUT2D eigenvalue weighted by molar-refractivity contribution is -0.117. The van der Waals surface area contributed by atoms with Crippen molar-refractivity contribution in [2.24, 2.45) is 0 Å². The number of rotatable bonds is 5. The fourth-order valence-corrected chi connectivity index (χ4v) is 3.42. The first kappa shape index (κ1) is 19.5. The second-order valence-electron chi connectivity index (χ2n) is 6.02. The van der Waals surface area contributed by atoms with Gasteiger partial charge in [0.05, 0.1) is 17.8 Å². The number of halogens is 2. The molecule has 0 bridgehead atoms. The molecule has 1 fully saturated rings. The summed E-state index contributed by atoms with van der Waals surface area (Å²) in [6.07, 6.45) is 4.46. The molecule has 1 N–H and O–H groups in total. The molecule has 5 nitrogen and oxygen atoms in total. The summed E-state index contributed by atoms with van der Waals surface area (Å²) in [5.41, 5.74) is 1.96. The quantitative estimate of drug-likeness (QED) is 0.661. The van der Waals surface area contributed by atoms with E-state index in [4.69, 9.17) is 16.3 Å². The number of amides is 2. The van der Waals surface area contributed by atoms with Gasteiger partial charge in [0, 0.05) is 34.8 Å². The molecule has 3 rings (SSSR count). The van der Waals surface area contributed by atoms with Crippen LogP contribution in [0.2, 0.25) is 5.02 Å². The van der Waals surface area contributed by atoms with Crippen molar-refractivity contribution in [2.75, 3.05) is 23.9 Å². The number of methoxy groups -OCH3 is 1. The lowest BCUT2D eigenvalue weighted by atomic mass is 10.2. The number of benzene rings is 2. The zero-order chi connectivity index (χ0) is 19.4. The minimum Gasteiger partial charge on any atom is -0.496 e. The fourth-order valence-electron chi connectivity index (χ4n) is 2.87. The van der Waals surface area contributed by atoms with Gasteiger partial charge >= 0.3 is 0 Å². The third kappa shape index (κ3) is 4.70. The van der Waals surface area contributed by atoms with Gasteiger partial charge < -0.3 is 15.0 Å². The van der Waals surface area contributed by atoms with Crippen LogP contribution in [0.3, 0.4) is 0 Å². The number of hydrogen-bond acceptors (Lipinski definition) is 3. The predicted octanol–water partition coefficient (Wildman–Crippen LogP) is 4.89. The third-order valence-electron chi connectivity index (χ3n) is 4.20. The maximum absolute atomic E-state index is 12.3.